The fourth-order valence-corrected chi connectivity index (χ4v) is 2.42. The molecule has 124 valence electrons. The van der Waals surface area contributed by atoms with Crippen molar-refractivity contribution in [2.45, 2.75) is 19.5 Å². The summed E-state index contributed by atoms with van der Waals surface area (Å²) in [6.07, 6.45) is 3.17. The molecule has 0 aliphatic heterocycles. The van der Waals surface area contributed by atoms with Crippen LogP contribution in [0.2, 0.25) is 0 Å². The molecule has 3 aromatic rings. The molecule has 1 aromatic carbocycles. The van der Waals surface area contributed by atoms with Crippen LogP contribution < -0.4 is 5.32 Å². The van der Waals surface area contributed by atoms with Gasteiger partial charge >= 0.3 is 0 Å². The largest absolute Gasteiger partial charge is 0.467 e. The highest BCUT2D eigenvalue weighted by Gasteiger charge is 2.17. The summed E-state index contributed by atoms with van der Waals surface area (Å²) in [5.74, 6) is 0.987. The molecule has 0 bridgehead atoms. The number of amides is 1. The molecule has 0 aliphatic carbocycles. The third kappa shape index (κ3) is 3.21. The van der Waals surface area contributed by atoms with Gasteiger partial charge in [-0.25, -0.2) is 0 Å². The second kappa shape index (κ2) is 7.10. The summed E-state index contributed by atoms with van der Waals surface area (Å²) in [6.45, 7) is 2.54. The maximum Gasteiger partial charge on any atom is 0.251 e. The lowest BCUT2D eigenvalue weighted by atomic mass is 10.1. The molecular weight excluding hydrogens is 308 g/mol. The minimum atomic E-state index is -0.574. The van der Waals surface area contributed by atoms with E-state index in [4.69, 9.17) is 4.42 Å². The first-order valence-electron chi connectivity index (χ1n) is 7.66. The number of hydrogen-bond donors (Lipinski definition) is 2. The Labute approximate surface area is 138 Å². The highest BCUT2D eigenvalue weighted by molar-refractivity contribution is 5.94. The second-order valence-corrected chi connectivity index (χ2v) is 5.24. The molecule has 1 unspecified atom stereocenters. The van der Waals surface area contributed by atoms with Crippen LogP contribution in [-0.4, -0.2) is 32.4 Å². The minimum absolute atomic E-state index is 0.239. The average Bonchev–Trinajstić information content (AvgIpc) is 3.30. The highest BCUT2D eigenvalue weighted by atomic mass is 16.3. The fraction of sp³-hybridized carbons (Fsp3) is 0.235. The van der Waals surface area contributed by atoms with E-state index in [0.717, 1.165) is 17.9 Å². The molecule has 2 heterocycles. The summed E-state index contributed by atoms with van der Waals surface area (Å²) < 4.78 is 7.15. The number of furan rings is 1. The van der Waals surface area contributed by atoms with Crippen molar-refractivity contribution >= 4 is 5.91 Å². The van der Waals surface area contributed by atoms with Gasteiger partial charge in [0.25, 0.3) is 5.91 Å². The molecule has 3 rings (SSSR count). The van der Waals surface area contributed by atoms with Gasteiger partial charge in [0.2, 0.25) is 0 Å². The van der Waals surface area contributed by atoms with Crippen LogP contribution in [0, 0.1) is 0 Å². The lowest BCUT2D eigenvalue weighted by molar-refractivity contribution is 0.0907. The molecule has 1 amide bonds. The minimum Gasteiger partial charge on any atom is -0.467 e. The van der Waals surface area contributed by atoms with Crippen molar-refractivity contribution in [2.24, 2.45) is 0 Å². The lowest BCUT2D eigenvalue weighted by Gasteiger charge is -2.14. The number of nitrogens with zero attached hydrogens (tertiary/aromatic N) is 3. The number of aryl methyl sites for hydroxylation is 1. The maximum absolute atomic E-state index is 12.3. The molecule has 24 heavy (non-hydrogen) atoms. The summed E-state index contributed by atoms with van der Waals surface area (Å²) in [6, 6.07) is 9.93. The van der Waals surface area contributed by atoms with Crippen LogP contribution >= 0.6 is 0 Å². The maximum atomic E-state index is 12.3. The van der Waals surface area contributed by atoms with Gasteiger partial charge in [0, 0.05) is 17.7 Å². The van der Waals surface area contributed by atoms with Gasteiger partial charge in [-0.1, -0.05) is 12.1 Å². The van der Waals surface area contributed by atoms with Gasteiger partial charge < -0.3 is 19.4 Å². The summed E-state index contributed by atoms with van der Waals surface area (Å²) in [7, 11) is 0. The van der Waals surface area contributed by atoms with Crippen molar-refractivity contribution in [3.8, 4) is 11.4 Å². The third-order valence-electron chi connectivity index (χ3n) is 3.74. The van der Waals surface area contributed by atoms with Crippen molar-refractivity contribution in [3.05, 3.63) is 60.3 Å². The molecule has 0 fully saturated rings. The van der Waals surface area contributed by atoms with E-state index in [0.29, 0.717) is 11.3 Å². The SMILES string of the molecule is CCn1cnnc1-c1ccc(C(=O)NC(CO)c2ccco2)cc1. The van der Waals surface area contributed by atoms with Crippen LogP contribution in [0.3, 0.4) is 0 Å². The molecular formula is C17H18N4O3. The first-order valence-corrected chi connectivity index (χ1v) is 7.66. The van der Waals surface area contributed by atoms with E-state index in [1.165, 1.54) is 6.26 Å². The van der Waals surface area contributed by atoms with E-state index in [9.17, 15) is 9.90 Å². The Bertz CT molecular complexity index is 794. The fourth-order valence-electron chi connectivity index (χ4n) is 2.42. The van der Waals surface area contributed by atoms with E-state index in [1.807, 2.05) is 23.6 Å². The Morgan fingerprint density at radius 3 is 2.75 bits per heavy atom. The van der Waals surface area contributed by atoms with Crippen LogP contribution in [0.15, 0.2) is 53.4 Å². The molecule has 2 N–H and O–H groups in total. The number of aliphatic hydroxyl groups excluding tert-OH is 1. The zero-order valence-corrected chi connectivity index (χ0v) is 13.2. The van der Waals surface area contributed by atoms with Gasteiger partial charge in [-0.15, -0.1) is 10.2 Å². The van der Waals surface area contributed by atoms with Gasteiger partial charge in [0.1, 0.15) is 18.1 Å². The summed E-state index contributed by atoms with van der Waals surface area (Å²) in [4.78, 5) is 12.3. The summed E-state index contributed by atoms with van der Waals surface area (Å²) >= 11 is 0. The topological polar surface area (TPSA) is 93.2 Å². The number of nitrogens with one attached hydrogen (secondary N) is 1. The monoisotopic (exact) mass is 326 g/mol. The quantitative estimate of drug-likeness (QED) is 0.723. The van der Waals surface area contributed by atoms with Crippen LogP contribution in [0.1, 0.15) is 29.1 Å². The summed E-state index contributed by atoms with van der Waals surface area (Å²) in [5.41, 5.74) is 1.38. The number of carbonyl (C=O) groups is 1. The van der Waals surface area contributed by atoms with Gasteiger partial charge in [-0.05, 0) is 31.2 Å². The molecule has 0 saturated carbocycles. The van der Waals surface area contributed by atoms with E-state index < -0.39 is 6.04 Å². The predicted molar refractivity (Wildman–Crippen MR) is 87.1 cm³/mol. The first kappa shape index (κ1) is 15.9. The Hall–Kier alpha value is -2.93. The molecule has 1 atom stereocenters. The van der Waals surface area contributed by atoms with Crippen molar-refractivity contribution in [2.75, 3.05) is 6.61 Å². The van der Waals surface area contributed by atoms with Gasteiger partial charge in [0.05, 0.1) is 12.9 Å². The highest BCUT2D eigenvalue weighted by Crippen LogP contribution is 2.18. The Morgan fingerprint density at radius 1 is 1.33 bits per heavy atom. The zero-order valence-electron chi connectivity index (χ0n) is 13.2. The first-order chi connectivity index (χ1) is 11.7. The standard InChI is InChI=1S/C17H18N4O3/c1-2-21-11-18-20-16(21)12-5-7-13(8-6-12)17(23)19-14(10-22)15-4-3-9-24-15/h3-9,11,14,22H,2,10H2,1H3,(H,19,23). The molecule has 0 spiro atoms. The molecule has 0 saturated heterocycles. The molecule has 2 aromatic heterocycles. The van der Waals surface area contributed by atoms with Crippen LogP contribution in [0.5, 0.6) is 0 Å². The Balaban J connectivity index is 1.74. The number of aliphatic hydroxyl groups is 1. The predicted octanol–water partition coefficient (Wildman–Crippen LogP) is 2.02. The molecule has 0 aliphatic rings. The van der Waals surface area contributed by atoms with Crippen LogP contribution in [0.25, 0.3) is 11.4 Å². The van der Waals surface area contributed by atoms with E-state index in [-0.39, 0.29) is 12.5 Å². The number of hydrogen-bond acceptors (Lipinski definition) is 5. The van der Waals surface area contributed by atoms with E-state index >= 15 is 0 Å². The lowest BCUT2D eigenvalue weighted by Crippen LogP contribution is -2.30. The Kier molecular flexibility index (Phi) is 4.72. The normalized spacial score (nSPS) is 12.1. The zero-order chi connectivity index (χ0) is 16.9. The van der Waals surface area contributed by atoms with Crippen molar-refractivity contribution in [1.29, 1.82) is 0 Å². The second-order valence-electron chi connectivity index (χ2n) is 5.24. The molecule has 0 radical (unpaired) electrons. The van der Waals surface area contributed by atoms with Crippen molar-refractivity contribution in [3.63, 3.8) is 0 Å². The molecule has 7 nitrogen and oxygen atoms in total. The van der Waals surface area contributed by atoms with Crippen molar-refractivity contribution in [1.82, 2.24) is 20.1 Å². The number of rotatable bonds is 6. The van der Waals surface area contributed by atoms with Crippen LogP contribution in [-0.2, 0) is 6.54 Å². The number of carbonyl (C=O) groups excluding carboxylic acids is 1. The van der Waals surface area contributed by atoms with Gasteiger partial charge in [0.15, 0.2) is 5.82 Å². The van der Waals surface area contributed by atoms with Gasteiger partial charge in [-0.3, -0.25) is 4.79 Å². The third-order valence-corrected chi connectivity index (χ3v) is 3.74. The molecule has 7 heteroatoms. The Morgan fingerprint density at radius 2 is 2.12 bits per heavy atom. The van der Waals surface area contributed by atoms with Crippen molar-refractivity contribution < 1.29 is 14.3 Å². The smallest absolute Gasteiger partial charge is 0.251 e. The number of aromatic nitrogens is 3. The van der Waals surface area contributed by atoms with Gasteiger partial charge in [-0.2, -0.15) is 0 Å². The van der Waals surface area contributed by atoms with Crippen LogP contribution in [0.4, 0.5) is 0 Å². The summed E-state index contributed by atoms with van der Waals surface area (Å²) in [5, 5.41) is 20.2. The van der Waals surface area contributed by atoms with E-state index in [2.05, 4.69) is 15.5 Å². The van der Waals surface area contributed by atoms with E-state index in [1.54, 1.807) is 30.6 Å². The average molecular weight is 326 g/mol. The number of benzene rings is 1.